The Morgan fingerprint density at radius 3 is 3.00 bits per heavy atom. The molecule has 0 spiro atoms. The van der Waals surface area contributed by atoms with Crippen LogP contribution >= 0.6 is 11.3 Å². The first-order chi connectivity index (χ1) is 10.2. The maximum Gasteiger partial charge on any atom is 0.246 e. The number of hydrazone groups is 1. The third kappa shape index (κ3) is 4.68. The summed E-state index contributed by atoms with van der Waals surface area (Å²) in [5, 5.41) is 6.79. The topological polar surface area (TPSA) is 63.6 Å². The fraction of sp³-hybridized carbons (Fsp3) is 0.267. The van der Waals surface area contributed by atoms with Gasteiger partial charge in [-0.2, -0.15) is 5.10 Å². The molecule has 0 fully saturated rings. The van der Waals surface area contributed by atoms with Crippen molar-refractivity contribution in [1.82, 2.24) is 10.4 Å². The van der Waals surface area contributed by atoms with Crippen LogP contribution in [-0.2, 0) is 11.2 Å². The van der Waals surface area contributed by atoms with E-state index in [0.29, 0.717) is 6.61 Å². The van der Waals surface area contributed by atoms with Gasteiger partial charge >= 0.3 is 0 Å². The van der Waals surface area contributed by atoms with Gasteiger partial charge in [0, 0.05) is 10.9 Å². The summed E-state index contributed by atoms with van der Waals surface area (Å²) in [7, 11) is 0. The number of amides is 1. The highest BCUT2D eigenvalue weighted by atomic mass is 32.1. The normalized spacial score (nSPS) is 10.8. The van der Waals surface area contributed by atoms with Crippen molar-refractivity contribution in [2.24, 2.45) is 5.10 Å². The van der Waals surface area contributed by atoms with E-state index >= 15 is 0 Å². The van der Waals surface area contributed by atoms with Crippen LogP contribution in [0.3, 0.4) is 0 Å². The Balaban J connectivity index is 1.91. The zero-order valence-corrected chi connectivity index (χ0v) is 12.8. The molecule has 0 bridgehead atoms. The second-order valence-corrected chi connectivity index (χ2v) is 5.36. The quantitative estimate of drug-likeness (QED) is 0.659. The summed E-state index contributed by atoms with van der Waals surface area (Å²) >= 11 is 1.53. The lowest BCUT2D eigenvalue weighted by molar-refractivity contribution is -0.120. The summed E-state index contributed by atoms with van der Waals surface area (Å²) in [5.41, 5.74) is 4.08. The summed E-state index contributed by atoms with van der Waals surface area (Å²) in [6.45, 7) is 4.42. The zero-order valence-electron chi connectivity index (χ0n) is 12.0. The number of aryl methyl sites for hydroxylation is 1. The van der Waals surface area contributed by atoms with Gasteiger partial charge in [-0.25, -0.2) is 10.4 Å². The van der Waals surface area contributed by atoms with Gasteiger partial charge in [0.15, 0.2) is 0 Å². The standard InChI is InChI=1S/C15H17N3O2S/c1-3-20-14-7-5-4-6-12(14)9-16-18-15(19)8-13-10-21-11(2)17-13/h4-7,9-10H,3,8H2,1-2H3,(H,18,19)/b16-9-. The Bertz CT molecular complexity index is 637. The average molecular weight is 303 g/mol. The molecular weight excluding hydrogens is 286 g/mol. The monoisotopic (exact) mass is 303 g/mol. The molecule has 2 rings (SSSR count). The molecule has 0 aliphatic rings. The molecule has 6 heteroatoms. The third-order valence-corrected chi connectivity index (χ3v) is 3.44. The number of aromatic nitrogens is 1. The number of para-hydroxylation sites is 1. The van der Waals surface area contributed by atoms with Crippen molar-refractivity contribution in [2.45, 2.75) is 20.3 Å². The van der Waals surface area contributed by atoms with Crippen molar-refractivity contribution in [3.63, 3.8) is 0 Å². The minimum Gasteiger partial charge on any atom is -0.493 e. The molecule has 5 nitrogen and oxygen atoms in total. The van der Waals surface area contributed by atoms with E-state index in [9.17, 15) is 4.79 Å². The number of hydrogen-bond acceptors (Lipinski definition) is 5. The molecule has 21 heavy (non-hydrogen) atoms. The van der Waals surface area contributed by atoms with Gasteiger partial charge in [0.25, 0.3) is 0 Å². The maximum absolute atomic E-state index is 11.7. The largest absolute Gasteiger partial charge is 0.493 e. The van der Waals surface area contributed by atoms with Gasteiger partial charge < -0.3 is 4.74 Å². The molecule has 1 N–H and O–H groups in total. The van der Waals surface area contributed by atoms with E-state index in [1.165, 1.54) is 11.3 Å². The first-order valence-electron chi connectivity index (χ1n) is 6.63. The van der Waals surface area contributed by atoms with Crippen molar-refractivity contribution in [3.8, 4) is 5.75 Å². The number of thiazole rings is 1. The van der Waals surface area contributed by atoms with E-state index in [-0.39, 0.29) is 12.3 Å². The summed E-state index contributed by atoms with van der Waals surface area (Å²) in [5.74, 6) is 0.554. The summed E-state index contributed by atoms with van der Waals surface area (Å²) in [4.78, 5) is 16.0. The highest BCUT2D eigenvalue weighted by Crippen LogP contribution is 2.15. The lowest BCUT2D eigenvalue weighted by Crippen LogP contribution is -2.20. The molecule has 0 aliphatic carbocycles. The number of nitrogens with zero attached hydrogens (tertiary/aromatic N) is 2. The third-order valence-electron chi connectivity index (χ3n) is 2.62. The fourth-order valence-corrected chi connectivity index (χ4v) is 2.35. The van der Waals surface area contributed by atoms with Crippen molar-refractivity contribution in [1.29, 1.82) is 0 Å². The number of benzene rings is 1. The van der Waals surface area contributed by atoms with Gasteiger partial charge in [-0.05, 0) is 26.0 Å². The van der Waals surface area contributed by atoms with E-state index in [4.69, 9.17) is 4.74 Å². The molecule has 0 saturated carbocycles. The number of nitrogens with one attached hydrogen (secondary N) is 1. The van der Waals surface area contributed by atoms with Crippen molar-refractivity contribution in [3.05, 3.63) is 45.9 Å². The van der Waals surface area contributed by atoms with Crippen LogP contribution in [0.15, 0.2) is 34.7 Å². The molecular formula is C15H17N3O2S. The Morgan fingerprint density at radius 1 is 1.48 bits per heavy atom. The van der Waals surface area contributed by atoms with Crippen LogP contribution in [0.2, 0.25) is 0 Å². The van der Waals surface area contributed by atoms with E-state index in [1.54, 1.807) is 6.21 Å². The number of rotatable bonds is 6. The Morgan fingerprint density at radius 2 is 2.29 bits per heavy atom. The maximum atomic E-state index is 11.7. The van der Waals surface area contributed by atoms with Crippen LogP contribution in [0, 0.1) is 6.92 Å². The SMILES string of the molecule is CCOc1ccccc1/C=N\NC(=O)Cc1csc(C)n1. The van der Waals surface area contributed by atoms with Gasteiger partial charge in [-0.3, -0.25) is 4.79 Å². The molecule has 1 heterocycles. The van der Waals surface area contributed by atoms with Crippen LogP contribution in [0.25, 0.3) is 0 Å². The van der Waals surface area contributed by atoms with E-state index in [2.05, 4.69) is 15.5 Å². The van der Waals surface area contributed by atoms with Gasteiger partial charge in [0.05, 0.1) is 29.9 Å². The van der Waals surface area contributed by atoms with Crippen LogP contribution in [0.5, 0.6) is 5.75 Å². The molecule has 1 aromatic carbocycles. The molecule has 110 valence electrons. The van der Waals surface area contributed by atoms with Gasteiger partial charge in [-0.1, -0.05) is 12.1 Å². The summed E-state index contributed by atoms with van der Waals surface area (Å²) in [6, 6.07) is 7.53. The second-order valence-electron chi connectivity index (χ2n) is 4.30. The lowest BCUT2D eigenvalue weighted by atomic mass is 10.2. The Labute approximate surface area is 127 Å². The number of ether oxygens (including phenoxy) is 1. The fourth-order valence-electron chi connectivity index (χ4n) is 1.74. The Hall–Kier alpha value is -2.21. The Kier molecular flexibility index (Phi) is 5.45. The predicted octanol–water partition coefficient (Wildman–Crippen LogP) is 2.54. The highest BCUT2D eigenvalue weighted by Gasteiger charge is 2.05. The van der Waals surface area contributed by atoms with Crippen LogP contribution in [-0.4, -0.2) is 23.7 Å². The number of carbonyl (C=O) groups excluding carboxylic acids is 1. The molecule has 0 atom stereocenters. The molecule has 1 amide bonds. The van der Waals surface area contributed by atoms with E-state index < -0.39 is 0 Å². The van der Waals surface area contributed by atoms with Gasteiger partial charge in [-0.15, -0.1) is 11.3 Å². The molecule has 1 aromatic heterocycles. The average Bonchev–Trinajstić information content (AvgIpc) is 2.86. The molecule has 2 aromatic rings. The first kappa shape index (κ1) is 15.2. The summed E-state index contributed by atoms with van der Waals surface area (Å²) in [6.07, 6.45) is 1.81. The van der Waals surface area contributed by atoms with Crippen LogP contribution in [0.4, 0.5) is 0 Å². The lowest BCUT2D eigenvalue weighted by Gasteiger charge is -2.05. The second kappa shape index (κ2) is 7.54. The minimum atomic E-state index is -0.189. The molecule has 0 unspecified atom stereocenters. The van der Waals surface area contributed by atoms with Crippen molar-refractivity contribution >= 4 is 23.5 Å². The first-order valence-corrected chi connectivity index (χ1v) is 7.51. The number of carbonyl (C=O) groups is 1. The molecule has 0 radical (unpaired) electrons. The molecule has 0 saturated heterocycles. The number of hydrogen-bond donors (Lipinski definition) is 1. The van der Waals surface area contributed by atoms with E-state index in [1.807, 2.05) is 43.5 Å². The summed E-state index contributed by atoms with van der Waals surface area (Å²) < 4.78 is 5.48. The predicted molar refractivity (Wildman–Crippen MR) is 83.9 cm³/mol. The smallest absolute Gasteiger partial charge is 0.246 e. The minimum absolute atomic E-state index is 0.189. The van der Waals surface area contributed by atoms with Crippen molar-refractivity contribution < 1.29 is 9.53 Å². The van der Waals surface area contributed by atoms with Crippen LogP contribution in [0.1, 0.15) is 23.2 Å². The van der Waals surface area contributed by atoms with Crippen molar-refractivity contribution in [2.75, 3.05) is 6.61 Å². The van der Waals surface area contributed by atoms with Crippen LogP contribution < -0.4 is 10.2 Å². The molecule has 0 aliphatic heterocycles. The highest BCUT2D eigenvalue weighted by molar-refractivity contribution is 7.09. The van der Waals surface area contributed by atoms with Gasteiger partial charge in [0.2, 0.25) is 5.91 Å². The zero-order chi connectivity index (χ0) is 15.1. The van der Waals surface area contributed by atoms with E-state index in [0.717, 1.165) is 22.0 Å². The van der Waals surface area contributed by atoms with Gasteiger partial charge in [0.1, 0.15) is 5.75 Å².